The first-order valence-electron chi connectivity index (χ1n) is 9.87. The van der Waals surface area contributed by atoms with Crippen LogP contribution in [0.25, 0.3) is 0 Å². The minimum atomic E-state index is -3.93. The molecule has 0 atom stereocenters. The molecule has 0 unspecified atom stereocenters. The number of sulfonamides is 1. The first-order chi connectivity index (χ1) is 14.5. The average molecular weight is 466 g/mol. The fourth-order valence-corrected chi connectivity index (χ4v) is 5.91. The number of aryl methyl sites for hydroxylation is 4. The van der Waals surface area contributed by atoms with Gasteiger partial charge in [0.25, 0.3) is 0 Å². The lowest BCUT2D eigenvalue weighted by Gasteiger charge is -2.35. The van der Waals surface area contributed by atoms with Gasteiger partial charge in [0.1, 0.15) is 22.0 Å². The molecule has 8 nitrogen and oxygen atoms in total. The van der Waals surface area contributed by atoms with Gasteiger partial charge in [0.15, 0.2) is 5.11 Å². The van der Waals surface area contributed by atoms with Crippen LogP contribution >= 0.6 is 12.2 Å². The van der Waals surface area contributed by atoms with Crippen molar-refractivity contribution in [2.24, 2.45) is 0 Å². The molecule has 168 valence electrons. The van der Waals surface area contributed by atoms with Crippen molar-refractivity contribution in [1.82, 2.24) is 9.21 Å². The van der Waals surface area contributed by atoms with Crippen molar-refractivity contribution in [2.45, 2.75) is 32.6 Å². The fourth-order valence-electron chi connectivity index (χ4n) is 3.82. The fraction of sp³-hybridized carbons (Fsp3) is 0.429. The molecule has 1 saturated heterocycles. The Kier molecular flexibility index (Phi) is 6.73. The number of nitrogens with zero attached hydrogens (tertiary/aromatic N) is 2. The van der Waals surface area contributed by atoms with E-state index in [0.29, 0.717) is 18.2 Å². The molecule has 1 aliphatic heterocycles. The van der Waals surface area contributed by atoms with Gasteiger partial charge in [-0.1, -0.05) is 6.07 Å². The Hall–Kier alpha value is -2.43. The van der Waals surface area contributed by atoms with Crippen molar-refractivity contribution < 1.29 is 22.4 Å². The lowest BCUT2D eigenvalue weighted by molar-refractivity contribution is 0.0594. The lowest BCUT2D eigenvalue weighted by atomic mass is 10.1. The second-order valence-corrected chi connectivity index (χ2v) is 9.87. The number of hydrogen-bond acceptors (Lipinski definition) is 6. The summed E-state index contributed by atoms with van der Waals surface area (Å²) in [4.78, 5) is 14.0. The molecule has 0 saturated carbocycles. The molecule has 10 heteroatoms. The van der Waals surface area contributed by atoms with Gasteiger partial charge < -0.3 is 19.4 Å². The molecule has 1 aromatic carbocycles. The predicted molar refractivity (Wildman–Crippen MR) is 122 cm³/mol. The van der Waals surface area contributed by atoms with Gasteiger partial charge >= 0.3 is 5.97 Å². The van der Waals surface area contributed by atoms with Gasteiger partial charge in [-0.15, -0.1) is 0 Å². The van der Waals surface area contributed by atoms with Crippen molar-refractivity contribution in [1.29, 1.82) is 0 Å². The minimum absolute atomic E-state index is 0.0468. The van der Waals surface area contributed by atoms with Crippen LogP contribution in [0.1, 0.15) is 33.0 Å². The Balaban J connectivity index is 1.73. The average Bonchev–Trinajstić information content (AvgIpc) is 3.01. The van der Waals surface area contributed by atoms with Crippen LogP contribution in [0.3, 0.4) is 0 Å². The number of nitrogens with one attached hydrogen (secondary N) is 1. The van der Waals surface area contributed by atoms with Crippen molar-refractivity contribution in [3.05, 3.63) is 46.4 Å². The van der Waals surface area contributed by atoms with E-state index in [1.54, 1.807) is 6.92 Å². The van der Waals surface area contributed by atoms with E-state index in [1.165, 1.54) is 18.3 Å². The first kappa shape index (κ1) is 23.2. The van der Waals surface area contributed by atoms with Crippen LogP contribution in [0.2, 0.25) is 0 Å². The molecule has 1 aromatic heterocycles. The Bertz CT molecular complexity index is 1100. The Morgan fingerprint density at radius 3 is 2.16 bits per heavy atom. The number of hydrogen-bond donors (Lipinski definition) is 1. The maximum absolute atomic E-state index is 13.3. The molecule has 0 amide bonds. The molecule has 1 N–H and O–H groups in total. The minimum Gasteiger partial charge on any atom is -0.465 e. The van der Waals surface area contributed by atoms with Crippen LogP contribution in [0.4, 0.5) is 5.69 Å². The summed E-state index contributed by atoms with van der Waals surface area (Å²) < 4.78 is 38.1. The molecule has 2 aromatic rings. The number of benzene rings is 1. The highest BCUT2D eigenvalue weighted by atomic mass is 32.2. The smallest absolute Gasteiger partial charge is 0.342 e. The number of anilines is 1. The highest BCUT2D eigenvalue weighted by Crippen LogP contribution is 2.30. The Morgan fingerprint density at radius 2 is 1.61 bits per heavy atom. The van der Waals surface area contributed by atoms with Gasteiger partial charge in [0, 0.05) is 31.9 Å². The zero-order valence-electron chi connectivity index (χ0n) is 18.3. The number of ether oxygens (including phenoxy) is 1. The van der Waals surface area contributed by atoms with Crippen LogP contribution in [0.5, 0.6) is 0 Å². The molecular formula is C21H27N3O5S2. The summed E-state index contributed by atoms with van der Waals surface area (Å²) in [6, 6.07) is 6.11. The molecule has 31 heavy (non-hydrogen) atoms. The van der Waals surface area contributed by atoms with Crippen molar-refractivity contribution in [3.63, 3.8) is 0 Å². The normalized spacial score (nSPS) is 15.1. The monoisotopic (exact) mass is 465 g/mol. The van der Waals surface area contributed by atoms with Gasteiger partial charge in [-0.3, -0.25) is 0 Å². The van der Waals surface area contributed by atoms with E-state index in [1.807, 2.05) is 30.9 Å². The van der Waals surface area contributed by atoms with Gasteiger partial charge in [-0.05, 0) is 63.2 Å². The number of esters is 1. The third kappa shape index (κ3) is 4.76. The summed E-state index contributed by atoms with van der Waals surface area (Å²) in [5.41, 5.74) is 3.13. The summed E-state index contributed by atoms with van der Waals surface area (Å²) >= 11 is 5.53. The molecule has 1 aliphatic rings. The second kappa shape index (κ2) is 8.97. The molecule has 0 radical (unpaired) electrons. The zero-order chi connectivity index (χ0) is 22.9. The Morgan fingerprint density at radius 1 is 1.03 bits per heavy atom. The van der Waals surface area contributed by atoms with Crippen molar-refractivity contribution >= 4 is 39.0 Å². The van der Waals surface area contributed by atoms with Crippen LogP contribution < -0.4 is 5.32 Å². The van der Waals surface area contributed by atoms with Crippen LogP contribution in [0.15, 0.2) is 27.5 Å². The van der Waals surface area contributed by atoms with Crippen LogP contribution in [-0.2, 0) is 14.8 Å². The van der Waals surface area contributed by atoms with Gasteiger partial charge in [-0.2, -0.15) is 4.31 Å². The lowest BCUT2D eigenvalue weighted by Crippen LogP contribution is -2.51. The molecule has 3 rings (SSSR count). The third-order valence-electron chi connectivity index (χ3n) is 5.19. The zero-order valence-corrected chi connectivity index (χ0v) is 19.9. The SMILES string of the molecule is COC(=O)c1c(C)oc(C)c1S(=O)(=O)N1CCN(C(=S)Nc2cc(C)cc(C)c2)CC1. The van der Waals surface area contributed by atoms with Crippen molar-refractivity contribution in [2.75, 3.05) is 38.6 Å². The number of thiocarbonyl (C=S) groups is 1. The summed E-state index contributed by atoms with van der Waals surface area (Å²) in [7, 11) is -2.72. The number of rotatable bonds is 4. The van der Waals surface area contributed by atoms with E-state index >= 15 is 0 Å². The second-order valence-electron chi connectivity index (χ2n) is 7.61. The molecule has 2 heterocycles. The number of piperazine rings is 1. The largest absolute Gasteiger partial charge is 0.465 e. The number of furan rings is 1. The number of carbonyl (C=O) groups excluding carboxylic acids is 1. The summed E-state index contributed by atoms with van der Waals surface area (Å²) in [5, 5.41) is 3.78. The molecule has 1 fully saturated rings. The van der Waals surface area contributed by atoms with Crippen LogP contribution in [-0.4, -0.2) is 62.0 Å². The standard InChI is InChI=1S/C21H27N3O5S2/c1-13-10-14(2)12-17(11-13)22-21(30)23-6-8-24(9-7-23)31(26,27)19-16(4)29-15(3)18(19)20(25)28-5/h10-12H,6-9H2,1-5H3,(H,22,30). The molecule has 0 aliphatic carbocycles. The van der Waals surface area contributed by atoms with E-state index in [-0.39, 0.29) is 35.1 Å². The van der Waals surface area contributed by atoms with Gasteiger partial charge in [0.2, 0.25) is 10.0 Å². The molecule has 0 bridgehead atoms. The van der Waals surface area contributed by atoms with Crippen LogP contribution in [0, 0.1) is 27.7 Å². The maximum atomic E-state index is 13.3. The quantitative estimate of drug-likeness (QED) is 0.544. The van der Waals surface area contributed by atoms with Gasteiger partial charge in [0.05, 0.1) is 7.11 Å². The third-order valence-corrected chi connectivity index (χ3v) is 7.60. The molecular weight excluding hydrogens is 438 g/mol. The highest BCUT2D eigenvalue weighted by molar-refractivity contribution is 7.89. The summed E-state index contributed by atoms with van der Waals surface area (Å²) in [6.07, 6.45) is 0. The van der Waals surface area contributed by atoms with Crippen molar-refractivity contribution in [3.8, 4) is 0 Å². The topological polar surface area (TPSA) is 92.1 Å². The van der Waals surface area contributed by atoms with E-state index in [9.17, 15) is 13.2 Å². The highest BCUT2D eigenvalue weighted by Gasteiger charge is 2.37. The first-order valence-corrected chi connectivity index (χ1v) is 11.7. The predicted octanol–water partition coefficient (Wildman–Crippen LogP) is 3.00. The van der Waals surface area contributed by atoms with E-state index in [2.05, 4.69) is 11.4 Å². The van der Waals surface area contributed by atoms with E-state index < -0.39 is 16.0 Å². The summed E-state index contributed by atoms with van der Waals surface area (Å²) in [6.45, 7) is 8.46. The summed E-state index contributed by atoms with van der Waals surface area (Å²) in [5.74, 6) is -0.335. The van der Waals surface area contributed by atoms with Gasteiger partial charge in [-0.25, -0.2) is 13.2 Å². The molecule has 0 spiro atoms. The Labute approximate surface area is 188 Å². The number of carbonyl (C=O) groups is 1. The maximum Gasteiger partial charge on any atom is 0.342 e. The number of methoxy groups -OCH3 is 1. The van der Waals surface area contributed by atoms with E-state index in [4.69, 9.17) is 21.4 Å². The van der Waals surface area contributed by atoms with E-state index in [0.717, 1.165) is 16.8 Å².